The van der Waals surface area contributed by atoms with Gasteiger partial charge in [-0.15, -0.1) is 0 Å². The lowest BCUT2D eigenvalue weighted by Crippen LogP contribution is -2.11. The van der Waals surface area contributed by atoms with E-state index in [1.807, 2.05) is 340 Å². The molecule has 1 aliphatic carbocycles. The molecular formula is C97H66Cl5N11. The van der Waals surface area contributed by atoms with E-state index in [-0.39, 0.29) is 6.04 Å². The number of para-hydroxylation sites is 3. The van der Waals surface area contributed by atoms with Gasteiger partial charge in [-0.3, -0.25) is 9.56 Å². The van der Waals surface area contributed by atoms with Crippen LogP contribution in [0.25, 0.3) is 130 Å². The summed E-state index contributed by atoms with van der Waals surface area (Å²) < 4.78 is 2.18. The average Bonchev–Trinajstić information content (AvgIpc) is 1.71. The molecule has 0 saturated carbocycles. The Morgan fingerprint density at radius 3 is 0.912 bits per heavy atom. The van der Waals surface area contributed by atoms with Gasteiger partial charge in [-0.25, -0.2) is 44.9 Å². The molecular weight excluding hydrogens is 1500 g/mol. The van der Waals surface area contributed by atoms with E-state index in [1.54, 1.807) is 0 Å². The number of amidine groups is 1. The predicted octanol–water partition coefficient (Wildman–Crippen LogP) is 26.2. The summed E-state index contributed by atoms with van der Waals surface area (Å²) >= 11 is 29.9. The molecule has 4 aromatic heterocycles. The van der Waals surface area contributed by atoms with Crippen molar-refractivity contribution in [2.24, 2.45) is 9.98 Å². The minimum atomic E-state index is 0.0932. The fourth-order valence-electron chi connectivity index (χ4n) is 12.3. The molecule has 0 amide bonds. The monoisotopic (exact) mass is 1560 g/mol. The molecule has 0 fully saturated rings. The first-order valence-corrected chi connectivity index (χ1v) is 38.1. The minimum absolute atomic E-state index is 0.0932. The van der Waals surface area contributed by atoms with E-state index in [4.69, 9.17) is 82.9 Å². The van der Waals surface area contributed by atoms with Crippen LogP contribution >= 0.6 is 58.0 Å². The Hall–Kier alpha value is -13.2. The average molecular weight is 1560 g/mol. The van der Waals surface area contributed by atoms with Crippen LogP contribution in [0.2, 0.25) is 25.1 Å². The Kier molecular flexibility index (Phi) is 24.3. The molecule has 1 aliphatic heterocycles. The number of allylic oxidation sites excluding steroid dienone is 2. The molecule has 16 heteroatoms. The van der Waals surface area contributed by atoms with Crippen molar-refractivity contribution in [3.63, 3.8) is 0 Å². The predicted molar refractivity (Wildman–Crippen MR) is 467 cm³/mol. The highest BCUT2D eigenvalue weighted by molar-refractivity contribution is 6.32. The number of aromatic nitrogens is 9. The molecule has 0 saturated heterocycles. The van der Waals surface area contributed by atoms with Crippen LogP contribution in [-0.2, 0) is 0 Å². The molecule has 0 N–H and O–H groups in total. The number of halogens is 5. The molecule has 11 nitrogen and oxygen atoms in total. The van der Waals surface area contributed by atoms with Crippen molar-refractivity contribution in [1.82, 2.24) is 44.4 Å². The van der Waals surface area contributed by atoms with Crippen molar-refractivity contribution in [2.75, 3.05) is 0 Å². The largest absolute Gasteiger partial charge is 0.292 e. The van der Waals surface area contributed by atoms with E-state index in [1.165, 1.54) is 0 Å². The lowest BCUT2D eigenvalue weighted by Gasteiger charge is -2.09. The lowest BCUT2D eigenvalue weighted by molar-refractivity contribution is 1.07. The van der Waals surface area contributed by atoms with E-state index >= 15 is 0 Å². The maximum atomic E-state index is 6.02. The van der Waals surface area contributed by atoms with Crippen LogP contribution in [0.1, 0.15) is 5.56 Å². The van der Waals surface area contributed by atoms with Crippen LogP contribution in [0.4, 0.5) is 0 Å². The number of hydrogen-bond acceptors (Lipinski definition) is 10. The Labute approximate surface area is 680 Å². The molecule has 0 radical (unpaired) electrons. The van der Waals surface area contributed by atoms with Gasteiger partial charge in [-0.2, -0.15) is 0 Å². The van der Waals surface area contributed by atoms with E-state index in [0.717, 1.165) is 128 Å². The molecule has 113 heavy (non-hydrogen) atoms. The first-order valence-electron chi connectivity index (χ1n) is 36.2. The number of aliphatic imine (C=N–C) groups is 2. The lowest BCUT2D eigenvalue weighted by atomic mass is 10.1. The maximum absolute atomic E-state index is 6.02. The molecule has 1 atom stereocenters. The van der Waals surface area contributed by atoms with Gasteiger partial charge >= 0.3 is 0 Å². The Morgan fingerprint density at radius 2 is 0.540 bits per heavy atom. The fraction of sp³-hybridized carbons (Fsp3) is 0.0103. The van der Waals surface area contributed by atoms with Crippen LogP contribution in [0, 0.1) is 0 Å². The SMILES string of the molecule is Clc1ccc(-c2cc(-c3ccccc3)nc(-c3ccccc3)n2)cc1.Clc1ccc(-c2nc(-c3ccccc3)cc(-c3ccccc3)n2)cc1.Clc1ccc(-c2nc(-c3ccccc3)nc(-c3ccccc3)n2)cc1.Clc1ccc(-c2nc3ccccc3n2-c2ccccc2)cc1.Clc1ccc(C2=NC3C=CC=CC3=N2)cc1. The normalized spacial score (nSPS) is 12.2. The smallest absolute Gasteiger partial charge is 0.164 e. The zero-order valence-corrected chi connectivity index (χ0v) is 64.2. The molecule has 19 rings (SSSR count). The van der Waals surface area contributed by atoms with E-state index in [9.17, 15) is 0 Å². The van der Waals surface area contributed by atoms with E-state index < -0.39 is 0 Å². The van der Waals surface area contributed by atoms with Crippen molar-refractivity contribution >= 4 is 80.6 Å². The molecule has 17 aromatic rings. The summed E-state index contributed by atoms with van der Waals surface area (Å²) in [6.45, 7) is 0. The Balaban J connectivity index is 0.000000112. The van der Waals surface area contributed by atoms with Crippen molar-refractivity contribution in [3.05, 3.63) is 425 Å². The molecule has 5 heterocycles. The summed E-state index contributed by atoms with van der Waals surface area (Å²) in [5, 5.41) is 3.55. The molecule has 0 spiro atoms. The number of hydrogen-bond donors (Lipinski definition) is 0. The summed E-state index contributed by atoms with van der Waals surface area (Å²) in [6, 6.07) is 121. The zero-order chi connectivity index (χ0) is 77.1. The molecule has 13 aromatic carbocycles. The highest BCUT2D eigenvalue weighted by Crippen LogP contribution is 2.34. The van der Waals surface area contributed by atoms with Gasteiger partial charge in [0.1, 0.15) is 11.9 Å². The van der Waals surface area contributed by atoms with Crippen molar-refractivity contribution < 1.29 is 0 Å². The Bertz CT molecular complexity index is 5590. The number of rotatable bonds is 12. The highest BCUT2D eigenvalue weighted by Gasteiger charge is 2.22. The fourth-order valence-corrected chi connectivity index (χ4v) is 13.0. The standard InChI is InChI=1S/2C22H15ClN2.C21H14ClN3.C19H13ClN2.C13H9ClN2/c23-19-13-11-17(12-14-19)21-15-20(16-7-3-1-4-8-16)24-22(25-21)18-9-5-2-6-10-18;23-19-13-11-18(12-14-19)22-24-20(16-7-3-1-4-8-16)15-21(25-22)17-9-5-2-6-10-17;22-18-13-11-17(12-14-18)21-24-19(15-7-3-1-4-8-15)23-20(25-21)16-9-5-2-6-10-16;20-15-12-10-14(11-13-15)19-21-17-8-4-5-9-18(17)22(19)16-6-2-1-3-7-16;14-10-7-5-9(6-8-10)13-15-11-3-1-2-4-12(11)16-13/h2*1-15H;1-14H;1-13H;1-8,11H. The highest BCUT2D eigenvalue weighted by atomic mass is 35.5. The summed E-state index contributed by atoms with van der Waals surface area (Å²) in [5.41, 5.74) is 18.8. The van der Waals surface area contributed by atoms with Crippen LogP contribution in [-0.4, -0.2) is 62.0 Å². The summed E-state index contributed by atoms with van der Waals surface area (Å²) in [5.74, 6) is 5.05. The van der Waals surface area contributed by atoms with Crippen LogP contribution in [0.5, 0.6) is 0 Å². The summed E-state index contributed by atoms with van der Waals surface area (Å²) in [4.78, 5) is 46.9. The first-order chi connectivity index (χ1) is 55.5. The topological polar surface area (TPSA) is 133 Å². The number of imidazole rings is 1. The van der Waals surface area contributed by atoms with Gasteiger partial charge in [-0.05, 0) is 152 Å². The van der Waals surface area contributed by atoms with Crippen molar-refractivity contribution in [1.29, 1.82) is 0 Å². The number of nitrogens with zero attached hydrogens (tertiary/aromatic N) is 11. The second-order valence-corrected chi connectivity index (χ2v) is 27.9. The van der Waals surface area contributed by atoms with Gasteiger partial charge in [0.2, 0.25) is 0 Å². The van der Waals surface area contributed by atoms with E-state index in [2.05, 4.69) is 84.1 Å². The Morgan fingerprint density at radius 1 is 0.248 bits per heavy atom. The minimum Gasteiger partial charge on any atom is -0.292 e. The number of fused-ring (bicyclic) bond motifs is 2. The van der Waals surface area contributed by atoms with Gasteiger partial charge in [0.05, 0.1) is 39.5 Å². The van der Waals surface area contributed by atoms with Crippen LogP contribution < -0.4 is 0 Å². The number of benzene rings is 13. The molecule has 544 valence electrons. The van der Waals surface area contributed by atoms with Crippen molar-refractivity contribution in [2.45, 2.75) is 6.04 Å². The zero-order valence-electron chi connectivity index (χ0n) is 60.4. The van der Waals surface area contributed by atoms with Gasteiger partial charge in [-0.1, -0.05) is 301 Å². The third kappa shape index (κ3) is 19.3. The van der Waals surface area contributed by atoms with Gasteiger partial charge in [0, 0.05) is 92.0 Å². The molecule has 0 bridgehead atoms. The summed E-state index contributed by atoms with van der Waals surface area (Å²) in [6.07, 6.45) is 8.02. The van der Waals surface area contributed by atoms with Crippen LogP contribution in [0.3, 0.4) is 0 Å². The second-order valence-electron chi connectivity index (χ2n) is 25.7. The van der Waals surface area contributed by atoms with Gasteiger partial charge in [0.25, 0.3) is 0 Å². The maximum Gasteiger partial charge on any atom is 0.164 e. The summed E-state index contributed by atoms with van der Waals surface area (Å²) in [7, 11) is 0. The molecule has 2 aliphatic rings. The van der Waals surface area contributed by atoms with Crippen LogP contribution in [0.15, 0.2) is 404 Å². The third-order valence-corrected chi connectivity index (χ3v) is 19.2. The molecule has 1 unspecified atom stereocenters. The second kappa shape index (κ2) is 36.5. The van der Waals surface area contributed by atoms with Gasteiger partial charge in [0.15, 0.2) is 35.0 Å². The van der Waals surface area contributed by atoms with E-state index in [0.29, 0.717) is 44.2 Å². The quantitative estimate of drug-likeness (QED) is 0.118. The first kappa shape index (κ1) is 75.2. The van der Waals surface area contributed by atoms with Crippen molar-refractivity contribution in [3.8, 4) is 119 Å². The third-order valence-electron chi connectivity index (χ3n) is 18.0. The van der Waals surface area contributed by atoms with Gasteiger partial charge < -0.3 is 0 Å².